The lowest BCUT2D eigenvalue weighted by Gasteiger charge is -2.11. The van der Waals surface area contributed by atoms with E-state index in [2.05, 4.69) is 15.4 Å². The molecule has 0 aliphatic carbocycles. The smallest absolute Gasteiger partial charge is 0.322 e. The van der Waals surface area contributed by atoms with Crippen LogP contribution in [0.25, 0.3) is 0 Å². The molecule has 1 aromatic carbocycles. The summed E-state index contributed by atoms with van der Waals surface area (Å²) in [5.74, 6) is 0.0774. The van der Waals surface area contributed by atoms with Crippen molar-refractivity contribution in [2.45, 2.75) is 13.0 Å². The van der Waals surface area contributed by atoms with E-state index in [0.29, 0.717) is 5.69 Å². The molecule has 0 bridgehead atoms. The Hall–Kier alpha value is -2.08. The van der Waals surface area contributed by atoms with Gasteiger partial charge in [-0.2, -0.15) is 0 Å². The minimum Gasteiger partial charge on any atom is -0.497 e. The first-order chi connectivity index (χ1) is 9.06. The maximum atomic E-state index is 11.6. The number of methoxy groups -OCH3 is 2. The van der Waals surface area contributed by atoms with Crippen LogP contribution in [0, 0.1) is 0 Å². The Morgan fingerprint density at radius 1 is 1.21 bits per heavy atom. The largest absolute Gasteiger partial charge is 0.497 e. The van der Waals surface area contributed by atoms with E-state index in [4.69, 9.17) is 4.74 Å². The summed E-state index contributed by atoms with van der Waals surface area (Å²) in [5.41, 5.74) is 0.665. The van der Waals surface area contributed by atoms with Gasteiger partial charge < -0.3 is 14.8 Å². The summed E-state index contributed by atoms with van der Waals surface area (Å²) in [5, 5.41) is 5.46. The van der Waals surface area contributed by atoms with E-state index in [9.17, 15) is 9.59 Å². The molecule has 6 nitrogen and oxygen atoms in total. The van der Waals surface area contributed by atoms with Gasteiger partial charge in [-0.1, -0.05) is 0 Å². The molecule has 0 heterocycles. The standard InChI is InChI=1S/C13H18N2O4/c1-9(13(17)19-3)14-8-12(16)15-10-4-6-11(18-2)7-5-10/h4-7,9,14H,8H2,1-3H3,(H,15,16). The fraction of sp³-hybridized carbons (Fsp3) is 0.385. The summed E-state index contributed by atoms with van der Waals surface area (Å²) in [4.78, 5) is 22.7. The summed E-state index contributed by atoms with van der Waals surface area (Å²) >= 11 is 0. The van der Waals surface area contributed by atoms with Gasteiger partial charge in [-0.3, -0.25) is 14.9 Å². The SMILES string of the molecule is COC(=O)C(C)NCC(=O)Nc1ccc(OC)cc1. The number of nitrogens with one attached hydrogen (secondary N) is 2. The van der Waals surface area contributed by atoms with E-state index < -0.39 is 12.0 Å². The number of benzene rings is 1. The maximum absolute atomic E-state index is 11.6. The van der Waals surface area contributed by atoms with Crippen molar-refractivity contribution in [1.29, 1.82) is 0 Å². The lowest BCUT2D eigenvalue weighted by molar-refractivity contribution is -0.142. The first kappa shape index (κ1) is 15.0. The minimum absolute atomic E-state index is 0.0301. The first-order valence-electron chi connectivity index (χ1n) is 5.82. The molecular weight excluding hydrogens is 248 g/mol. The second-order valence-corrected chi connectivity index (χ2v) is 3.90. The number of anilines is 1. The van der Waals surface area contributed by atoms with E-state index >= 15 is 0 Å². The fourth-order valence-electron chi connectivity index (χ4n) is 1.39. The molecule has 1 amide bonds. The molecule has 0 fully saturated rings. The number of amides is 1. The summed E-state index contributed by atoms with van der Waals surface area (Å²) in [7, 11) is 2.88. The monoisotopic (exact) mass is 266 g/mol. The topological polar surface area (TPSA) is 76.7 Å². The Morgan fingerprint density at radius 2 is 1.84 bits per heavy atom. The third kappa shape index (κ3) is 4.97. The van der Waals surface area contributed by atoms with Crippen LogP contribution in [0.3, 0.4) is 0 Å². The van der Waals surface area contributed by atoms with Crippen LogP contribution >= 0.6 is 0 Å². The molecule has 0 radical (unpaired) electrons. The van der Waals surface area contributed by atoms with Crippen LogP contribution in [-0.2, 0) is 14.3 Å². The normalized spacial score (nSPS) is 11.5. The van der Waals surface area contributed by atoms with Crippen molar-refractivity contribution in [2.24, 2.45) is 0 Å². The molecular formula is C13H18N2O4. The van der Waals surface area contributed by atoms with Crippen LogP contribution in [0.4, 0.5) is 5.69 Å². The zero-order valence-electron chi connectivity index (χ0n) is 11.2. The molecule has 1 aromatic rings. The summed E-state index contributed by atoms with van der Waals surface area (Å²) < 4.78 is 9.56. The van der Waals surface area contributed by atoms with Crippen LogP contribution in [0.2, 0.25) is 0 Å². The molecule has 0 spiro atoms. The minimum atomic E-state index is -0.522. The molecule has 0 saturated heterocycles. The highest BCUT2D eigenvalue weighted by atomic mass is 16.5. The van der Waals surface area contributed by atoms with Crippen LogP contribution in [0.15, 0.2) is 24.3 Å². The molecule has 0 aliphatic rings. The predicted molar refractivity (Wildman–Crippen MR) is 71.1 cm³/mol. The molecule has 19 heavy (non-hydrogen) atoms. The number of hydrogen-bond donors (Lipinski definition) is 2. The summed E-state index contributed by atoms with van der Waals surface area (Å²) in [6.45, 7) is 1.66. The Bertz CT molecular complexity index is 431. The average Bonchev–Trinajstić information content (AvgIpc) is 2.44. The van der Waals surface area contributed by atoms with Crippen molar-refractivity contribution in [3.63, 3.8) is 0 Å². The number of hydrogen-bond acceptors (Lipinski definition) is 5. The third-order valence-corrected chi connectivity index (χ3v) is 2.50. The Balaban J connectivity index is 2.40. The number of rotatable bonds is 6. The number of carbonyl (C=O) groups excluding carboxylic acids is 2. The van der Waals surface area contributed by atoms with Crippen molar-refractivity contribution < 1.29 is 19.1 Å². The molecule has 1 atom stereocenters. The molecule has 0 aromatic heterocycles. The highest BCUT2D eigenvalue weighted by Crippen LogP contribution is 2.14. The Kier molecular flexibility index (Phi) is 5.81. The maximum Gasteiger partial charge on any atom is 0.322 e. The molecule has 1 rings (SSSR count). The quantitative estimate of drug-likeness (QED) is 0.744. The summed E-state index contributed by atoms with van der Waals surface area (Å²) in [6, 6.07) is 6.45. The fourth-order valence-corrected chi connectivity index (χ4v) is 1.39. The van der Waals surface area contributed by atoms with Gasteiger partial charge >= 0.3 is 5.97 Å². The molecule has 2 N–H and O–H groups in total. The van der Waals surface area contributed by atoms with E-state index in [1.807, 2.05) is 0 Å². The van der Waals surface area contributed by atoms with Gasteiger partial charge in [0.2, 0.25) is 5.91 Å². The zero-order chi connectivity index (χ0) is 14.3. The predicted octanol–water partition coefficient (Wildman–Crippen LogP) is 0.785. The van der Waals surface area contributed by atoms with Crippen molar-refractivity contribution in [3.8, 4) is 5.75 Å². The molecule has 1 unspecified atom stereocenters. The van der Waals surface area contributed by atoms with Gasteiger partial charge in [0.05, 0.1) is 20.8 Å². The molecule has 0 aliphatic heterocycles. The van der Waals surface area contributed by atoms with Crippen molar-refractivity contribution >= 4 is 17.6 Å². The summed E-state index contributed by atoms with van der Waals surface area (Å²) in [6.07, 6.45) is 0. The zero-order valence-corrected chi connectivity index (χ0v) is 11.2. The van der Waals surface area contributed by atoms with Crippen molar-refractivity contribution in [3.05, 3.63) is 24.3 Å². The number of esters is 1. The first-order valence-corrected chi connectivity index (χ1v) is 5.82. The van der Waals surface area contributed by atoms with Crippen LogP contribution in [0.5, 0.6) is 5.75 Å². The van der Waals surface area contributed by atoms with E-state index in [0.717, 1.165) is 5.75 Å². The van der Waals surface area contributed by atoms with Gasteiger partial charge in [0, 0.05) is 5.69 Å². The van der Waals surface area contributed by atoms with Crippen molar-refractivity contribution in [2.75, 3.05) is 26.1 Å². The molecule has 6 heteroatoms. The highest BCUT2D eigenvalue weighted by molar-refractivity contribution is 5.92. The van der Waals surface area contributed by atoms with E-state index in [1.165, 1.54) is 7.11 Å². The second kappa shape index (κ2) is 7.38. The lowest BCUT2D eigenvalue weighted by Crippen LogP contribution is -2.39. The van der Waals surface area contributed by atoms with Crippen LogP contribution in [-0.4, -0.2) is 38.7 Å². The Labute approximate surface area is 112 Å². The highest BCUT2D eigenvalue weighted by Gasteiger charge is 2.13. The van der Waals surface area contributed by atoms with Gasteiger partial charge in [-0.05, 0) is 31.2 Å². The van der Waals surface area contributed by atoms with E-state index in [-0.39, 0.29) is 12.5 Å². The number of carbonyl (C=O) groups is 2. The van der Waals surface area contributed by atoms with E-state index in [1.54, 1.807) is 38.3 Å². The molecule has 0 saturated carbocycles. The second-order valence-electron chi connectivity index (χ2n) is 3.90. The van der Waals surface area contributed by atoms with Gasteiger partial charge in [0.15, 0.2) is 0 Å². The number of ether oxygens (including phenoxy) is 2. The van der Waals surface area contributed by atoms with Gasteiger partial charge in [-0.25, -0.2) is 0 Å². The van der Waals surface area contributed by atoms with Crippen LogP contribution in [0.1, 0.15) is 6.92 Å². The Morgan fingerprint density at radius 3 is 2.37 bits per heavy atom. The van der Waals surface area contributed by atoms with Gasteiger partial charge in [-0.15, -0.1) is 0 Å². The van der Waals surface area contributed by atoms with Gasteiger partial charge in [0.1, 0.15) is 11.8 Å². The van der Waals surface area contributed by atoms with Crippen LogP contribution < -0.4 is 15.4 Å². The lowest BCUT2D eigenvalue weighted by atomic mass is 10.3. The van der Waals surface area contributed by atoms with Gasteiger partial charge in [0.25, 0.3) is 0 Å². The van der Waals surface area contributed by atoms with Crippen molar-refractivity contribution in [1.82, 2.24) is 5.32 Å². The molecule has 104 valence electrons. The average molecular weight is 266 g/mol. The third-order valence-electron chi connectivity index (χ3n) is 2.50.